The van der Waals surface area contributed by atoms with Crippen LogP contribution < -0.4 is 0 Å². The lowest BCUT2D eigenvalue weighted by atomic mass is 9.95. The Labute approximate surface area is 82.6 Å². The van der Waals surface area contributed by atoms with Gasteiger partial charge in [-0.3, -0.25) is 0 Å². The number of thioether (sulfide) groups is 2. The van der Waals surface area contributed by atoms with Crippen molar-refractivity contribution in [2.24, 2.45) is 11.8 Å². The first-order valence-corrected chi connectivity index (χ1v) is 6.73. The predicted octanol–water partition coefficient (Wildman–Crippen LogP) is 3.15. The summed E-state index contributed by atoms with van der Waals surface area (Å²) in [7, 11) is 0. The van der Waals surface area contributed by atoms with Crippen LogP contribution in [-0.4, -0.2) is 15.6 Å². The molecule has 0 aromatic rings. The maximum Gasteiger partial charge on any atom is 0.0648 e. The van der Waals surface area contributed by atoms with Gasteiger partial charge in [-0.1, -0.05) is 12.2 Å². The van der Waals surface area contributed by atoms with E-state index >= 15 is 0 Å². The van der Waals surface area contributed by atoms with Crippen molar-refractivity contribution in [2.45, 2.75) is 23.3 Å². The molecule has 0 N–H and O–H groups in total. The standard InChI is InChI=1S/C10H14S2/c1-7-4-9-5-8(7)6-10(9)11-2-3-12-10/h8-9H,1-6H2/t8-,9+/m1/s1. The lowest BCUT2D eigenvalue weighted by molar-refractivity contribution is 0.546. The fourth-order valence-corrected chi connectivity index (χ4v) is 6.63. The maximum atomic E-state index is 4.17. The molecule has 3 fully saturated rings. The number of allylic oxidation sites excluding steroid dienone is 1. The fourth-order valence-electron chi connectivity index (χ4n) is 2.97. The normalized spacial score (nSPS) is 43.2. The lowest BCUT2D eigenvalue weighted by Crippen LogP contribution is -2.25. The predicted molar refractivity (Wildman–Crippen MR) is 57.6 cm³/mol. The fraction of sp³-hybridized carbons (Fsp3) is 0.800. The van der Waals surface area contributed by atoms with E-state index in [1.807, 2.05) is 0 Å². The zero-order valence-electron chi connectivity index (χ0n) is 7.21. The van der Waals surface area contributed by atoms with E-state index in [1.54, 1.807) is 5.57 Å². The molecule has 2 aliphatic carbocycles. The first-order valence-electron chi connectivity index (χ1n) is 4.76. The van der Waals surface area contributed by atoms with Crippen LogP contribution in [0.4, 0.5) is 0 Å². The minimum absolute atomic E-state index is 0.659. The topological polar surface area (TPSA) is 0 Å². The minimum atomic E-state index is 0.659. The molecular formula is C10H14S2. The molecule has 2 saturated carbocycles. The highest BCUT2D eigenvalue weighted by atomic mass is 32.2. The van der Waals surface area contributed by atoms with Crippen molar-refractivity contribution in [3.63, 3.8) is 0 Å². The molecule has 0 aromatic carbocycles. The third kappa shape index (κ3) is 0.884. The van der Waals surface area contributed by atoms with Gasteiger partial charge < -0.3 is 0 Å². The minimum Gasteiger partial charge on any atom is -0.143 e. The van der Waals surface area contributed by atoms with E-state index in [9.17, 15) is 0 Å². The molecule has 3 rings (SSSR count). The van der Waals surface area contributed by atoms with Gasteiger partial charge in [-0.05, 0) is 31.1 Å². The maximum absolute atomic E-state index is 4.17. The number of hydrogen-bond donors (Lipinski definition) is 0. The van der Waals surface area contributed by atoms with Gasteiger partial charge in [0.25, 0.3) is 0 Å². The van der Waals surface area contributed by atoms with Gasteiger partial charge in [0, 0.05) is 11.5 Å². The summed E-state index contributed by atoms with van der Waals surface area (Å²) >= 11 is 4.48. The first kappa shape index (κ1) is 7.81. The summed E-state index contributed by atoms with van der Waals surface area (Å²) < 4.78 is 0.659. The Balaban J connectivity index is 1.89. The zero-order chi connectivity index (χ0) is 8.18. The molecule has 0 aromatic heterocycles. The highest BCUT2D eigenvalue weighted by Gasteiger charge is 2.54. The van der Waals surface area contributed by atoms with E-state index in [4.69, 9.17) is 0 Å². The summed E-state index contributed by atoms with van der Waals surface area (Å²) in [6, 6.07) is 0. The van der Waals surface area contributed by atoms with Gasteiger partial charge >= 0.3 is 0 Å². The molecule has 0 radical (unpaired) electrons. The van der Waals surface area contributed by atoms with Crippen molar-refractivity contribution in [1.82, 2.24) is 0 Å². The number of hydrogen-bond acceptors (Lipinski definition) is 2. The lowest BCUT2D eigenvalue weighted by Gasteiger charge is -2.32. The summed E-state index contributed by atoms with van der Waals surface area (Å²) in [6.07, 6.45) is 4.23. The summed E-state index contributed by atoms with van der Waals surface area (Å²) in [5.41, 5.74) is 1.55. The van der Waals surface area contributed by atoms with E-state index in [2.05, 4.69) is 30.1 Å². The first-order chi connectivity index (χ1) is 5.80. The highest BCUT2D eigenvalue weighted by Crippen LogP contribution is 2.65. The van der Waals surface area contributed by atoms with Gasteiger partial charge in [0.2, 0.25) is 0 Å². The van der Waals surface area contributed by atoms with Crippen molar-refractivity contribution in [3.8, 4) is 0 Å². The van der Waals surface area contributed by atoms with Gasteiger partial charge in [-0.25, -0.2) is 0 Å². The second-order valence-electron chi connectivity index (χ2n) is 4.20. The van der Waals surface area contributed by atoms with Gasteiger partial charge in [0.15, 0.2) is 0 Å². The number of fused-ring (bicyclic) bond motifs is 3. The Morgan fingerprint density at radius 1 is 1.33 bits per heavy atom. The van der Waals surface area contributed by atoms with Crippen molar-refractivity contribution in [1.29, 1.82) is 0 Å². The molecule has 1 spiro atoms. The van der Waals surface area contributed by atoms with Crippen molar-refractivity contribution >= 4 is 23.5 Å². The highest BCUT2D eigenvalue weighted by molar-refractivity contribution is 8.21. The quantitative estimate of drug-likeness (QED) is 0.548. The zero-order valence-corrected chi connectivity index (χ0v) is 8.85. The third-order valence-corrected chi connectivity index (χ3v) is 7.34. The van der Waals surface area contributed by atoms with Crippen LogP contribution in [0.1, 0.15) is 19.3 Å². The summed E-state index contributed by atoms with van der Waals surface area (Å²) in [5, 5.41) is 0. The van der Waals surface area contributed by atoms with Gasteiger partial charge in [-0.15, -0.1) is 23.5 Å². The van der Waals surface area contributed by atoms with Crippen molar-refractivity contribution in [3.05, 3.63) is 12.2 Å². The molecule has 0 unspecified atom stereocenters. The van der Waals surface area contributed by atoms with Gasteiger partial charge in [0.05, 0.1) is 4.08 Å². The largest absolute Gasteiger partial charge is 0.143 e. The Kier molecular flexibility index (Phi) is 1.61. The van der Waals surface area contributed by atoms with Crippen LogP contribution >= 0.6 is 23.5 Å². The molecule has 2 bridgehead atoms. The van der Waals surface area contributed by atoms with Crippen LogP contribution in [0.3, 0.4) is 0 Å². The Morgan fingerprint density at radius 3 is 2.58 bits per heavy atom. The molecule has 12 heavy (non-hydrogen) atoms. The molecule has 2 heteroatoms. The van der Waals surface area contributed by atoms with Crippen LogP contribution in [0, 0.1) is 11.8 Å². The molecule has 1 heterocycles. The smallest absolute Gasteiger partial charge is 0.0648 e. The Morgan fingerprint density at radius 2 is 2.08 bits per heavy atom. The van der Waals surface area contributed by atoms with Crippen LogP contribution in [-0.2, 0) is 0 Å². The van der Waals surface area contributed by atoms with Crippen molar-refractivity contribution < 1.29 is 0 Å². The second-order valence-corrected chi connectivity index (χ2v) is 7.31. The monoisotopic (exact) mass is 198 g/mol. The second kappa shape index (κ2) is 2.48. The van der Waals surface area contributed by atoms with E-state index in [0.717, 1.165) is 11.8 Å². The van der Waals surface area contributed by atoms with Crippen LogP contribution in [0.5, 0.6) is 0 Å². The van der Waals surface area contributed by atoms with E-state index in [0.29, 0.717) is 4.08 Å². The molecule has 3 aliphatic rings. The summed E-state index contributed by atoms with van der Waals surface area (Å²) in [6.45, 7) is 4.17. The van der Waals surface area contributed by atoms with Crippen LogP contribution in [0.2, 0.25) is 0 Å². The van der Waals surface area contributed by atoms with Crippen molar-refractivity contribution in [2.75, 3.05) is 11.5 Å². The number of rotatable bonds is 0. The summed E-state index contributed by atoms with van der Waals surface area (Å²) in [5.74, 6) is 4.65. The summed E-state index contributed by atoms with van der Waals surface area (Å²) in [4.78, 5) is 0. The van der Waals surface area contributed by atoms with Crippen LogP contribution in [0.25, 0.3) is 0 Å². The molecular weight excluding hydrogens is 184 g/mol. The average Bonchev–Trinajstić information content (AvgIpc) is 2.68. The van der Waals surface area contributed by atoms with E-state index in [1.165, 1.54) is 30.8 Å². The van der Waals surface area contributed by atoms with Crippen LogP contribution in [0.15, 0.2) is 12.2 Å². The SMILES string of the molecule is C=C1C[C@H]2C[C@@H]1CC21SCCS1. The third-order valence-electron chi connectivity index (χ3n) is 3.58. The molecule has 66 valence electrons. The molecule has 1 aliphatic heterocycles. The molecule has 0 amide bonds. The van der Waals surface area contributed by atoms with Gasteiger partial charge in [0.1, 0.15) is 0 Å². The Hall–Kier alpha value is 0.440. The molecule has 2 atom stereocenters. The molecule has 0 nitrogen and oxygen atoms in total. The van der Waals surface area contributed by atoms with E-state index < -0.39 is 0 Å². The molecule has 1 saturated heterocycles. The average molecular weight is 198 g/mol. The van der Waals surface area contributed by atoms with E-state index in [-0.39, 0.29) is 0 Å². The Bertz CT molecular complexity index is 228. The van der Waals surface area contributed by atoms with Gasteiger partial charge in [-0.2, -0.15) is 0 Å².